The molecule has 1 aliphatic rings. The molecule has 1 heterocycles. The largest absolute Gasteiger partial charge is 0.480 e. The van der Waals surface area contributed by atoms with E-state index in [-0.39, 0.29) is 0 Å². The van der Waals surface area contributed by atoms with Crippen LogP contribution in [0, 0.1) is 0 Å². The average molecular weight is 274 g/mol. The van der Waals surface area contributed by atoms with Crippen LogP contribution >= 0.6 is 15.9 Å². The summed E-state index contributed by atoms with van der Waals surface area (Å²) >= 11 is 3.27. The summed E-state index contributed by atoms with van der Waals surface area (Å²) in [5, 5.41) is 13.4. The topological polar surface area (TPSA) is 81.1 Å². The van der Waals surface area contributed by atoms with Crippen molar-refractivity contribution >= 4 is 21.9 Å². The Morgan fingerprint density at radius 1 is 1.73 bits per heavy atom. The van der Waals surface area contributed by atoms with Gasteiger partial charge in [-0.05, 0) is 35.2 Å². The number of aliphatic carboxylic acids is 1. The van der Waals surface area contributed by atoms with Crippen LogP contribution in [0.3, 0.4) is 0 Å². The Morgan fingerprint density at radius 2 is 2.40 bits per heavy atom. The van der Waals surface area contributed by atoms with Crippen LogP contribution in [-0.4, -0.2) is 20.9 Å². The Bertz CT molecular complexity index is 429. The van der Waals surface area contributed by atoms with Gasteiger partial charge in [-0.1, -0.05) is 0 Å². The molecule has 2 rings (SSSR count). The summed E-state index contributed by atoms with van der Waals surface area (Å²) < 4.78 is 2.24. The molecule has 0 fully saturated rings. The van der Waals surface area contributed by atoms with Crippen molar-refractivity contribution in [2.45, 2.75) is 24.8 Å². The number of carboxylic acids is 1. The highest BCUT2D eigenvalue weighted by Crippen LogP contribution is 2.37. The van der Waals surface area contributed by atoms with E-state index in [9.17, 15) is 9.90 Å². The zero-order valence-corrected chi connectivity index (χ0v) is 9.91. The summed E-state index contributed by atoms with van der Waals surface area (Å²) in [7, 11) is 1.80. The van der Waals surface area contributed by atoms with Gasteiger partial charge < -0.3 is 10.8 Å². The molecule has 1 unspecified atom stereocenters. The highest BCUT2D eigenvalue weighted by Gasteiger charge is 2.43. The molecule has 0 bridgehead atoms. The number of carboxylic acid groups (broad SMARTS) is 1. The van der Waals surface area contributed by atoms with E-state index < -0.39 is 11.5 Å². The minimum absolute atomic E-state index is 0.458. The number of hydrogen-bond acceptors (Lipinski definition) is 3. The second kappa shape index (κ2) is 3.31. The molecular weight excluding hydrogens is 262 g/mol. The van der Waals surface area contributed by atoms with E-state index in [1.54, 1.807) is 11.7 Å². The number of nitrogens with two attached hydrogens (primary N) is 1. The first-order valence-electron chi connectivity index (χ1n) is 4.71. The van der Waals surface area contributed by atoms with Crippen LogP contribution in [0.2, 0.25) is 0 Å². The smallest absolute Gasteiger partial charge is 0.328 e. The number of rotatable bonds is 1. The molecule has 82 valence electrons. The maximum absolute atomic E-state index is 11.2. The number of aromatic nitrogens is 2. The molecule has 15 heavy (non-hydrogen) atoms. The molecule has 0 aliphatic heterocycles. The normalized spacial score (nSPS) is 25.0. The van der Waals surface area contributed by atoms with E-state index in [1.807, 2.05) is 0 Å². The first-order chi connectivity index (χ1) is 6.97. The summed E-state index contributed by atoms with van der Waals surface area (Å²) in [6.45, 7) is 0. The fourth-order valence-corrected chi connectivity index (χ4v) is 2.95. The Morgan fingerprint density at radius 3 is 3.00 bits per heavy atom. The quantitative estimate of drug-likeness (QED) is 0.792. The van der Waals surface area contributed by atoms with Crippen molar-refractivity contribution in [3.8, 4) is 0 Å². The summed E-state index contributed by atoms with van der Waals surface area (Å²) in [5.74, 6) is -0.989. The van der Waals surface area contributed by atoms with E-state index in [1.165, 1.54) is 0 Å². The van der Waals surface area contributed by atoms with Crippen molar-refractivity contribution in [2.75, 3.05) is 0 Å². The molecular formula is C9H12BrN3O2. The number of nitrogens with zero attached hydrogens (tertiary/aromatic N) is 2. The molecule has 6 heteroatoms. The van der Waals surface area contributed by atoms with Gasteiger partial charge in [-0.2, -0.15) is 5.10 Å². The van der Waals surface area contributed by atoms with E-state index >= 15 is 0 Å². The Labute approximate surface area is 95.4 Å². The van der Waals surface area contributed by atoms with E-state index in [2.05, 4.69) is 21.0 Å². The van der Waals surface area contributed by atoms with Gasteiger partial charge in [-0.15, -0.1) is 0 Å². The van der Waals surface area contributed by atoms with E-state index in [0.717, 1.165) is 18.5 Å². The minimum atomic E-state index is -1.29. The number of aryl methyl sites for hydroxylation is 1. The van der Waals surface area contributed by atoms with Crippen molar-refractivity contribution in [1.82, 2.24) is 9.78 Å². The molecule has 1 aliphatic carbocycles. The highest BCUT2D eigenvalue weighted by molar-refractivity contribution is 9.10. The van der Waals surface area contributed by atoms with Crippen LogP contribution in [0.1, 0.15) is 24.1 Å². The lowest BCUT2D eigenvalue weighted by Gasteiger charge is -2.29. The third-order valence-corrected chi connectivity index (χ3v) is 3.49. The first-order valence-corrected chi connectivity index (χ1v) is 5.50. The van der Waals surface area contributed by atoms with Crippen LogP contribution < -0.4 is 5.73 Å². The zero-order valence-electron chi connectivity index (χ0n) is 8.33. The van der Waals surface area contributed by atoms with Crippen LogP contribution in [0.5, 0.6) is 0 Å². The minimum Gasteiger partial charge on any atom is -0.480 e. The van der Waals surface area contributed by atoms with Gasteiger partial charge in [-0.3, -0.25) is 4.68 Å². The fourth-order valence-electron chi connectivity index (χ4n) is 2.12. The maximum Gasteiger partial charge on any atom is 0.328 e. The van der Waals surface area contributed by atoms with Crippen molar-refractivity contribution < 1.29 is 9.90 Å². The molecule has 0 amide bonds. The Hall–Kier alpha value is -0.880. The van der Waals surface area contributed by atoms with Crippen LogP contribution in [0.15, 0.2) is 4.60 Å². The highest BCUT2D eigenvalue weighted by atomic mass is 79.9. The van der Waals surface area contributed by atoms with Gasteiger partial charge in [0.15, 0.2) is 0 Å². The molecule has 5 nitrogen and oxygen atoms in total. The lowest BCUT2D eigenvalue weighted by molar-refractivity contribution is -0.144. The van der Waals surface area contributed by atoms with Crippen molar-refractivity contribution in [3.05, 3.63) is 15.9 Å². The van der Waals surface area contributed by atoms with Crippen molar-refractivity contribution in [1.29, 1.82) is 0 Å². The molecule has 3 N–H and O–H groups in total. The predicted octanol–water partition coefficient (Wildman–Crippen LogP) is 0.758. The summed E-state index contributed by atoms with van der Waals surface area (Å²) in [6.07, 6.45) is 2.07. The van der Waals surface area contributed by atoms with Gasteiger partial charge in [-0.25, -0.2) is 4.79 Å². The van der Waals surface area contributed by atoms with Crippen LogP contribution in [0.25, 0.3) is 0 Å². The fraction of sp³-hybridized carbons (Fsp3) is 0.556. The third-order valence-electron chi connectivity index (χ3n) is 2.94. The maximum atomic E-state index is 11.2. The van der Waals surface area contributed by atoms with Gasteiger partial charge in [0, 0.05) is 18.3 Å². The summed E-state index contributed by atoms with van der Waals surface area (Å²) in [4.78, 5) is 11.2. The average Bonchev–Trinajstić information content (AvgIpc) is 2.44. The zero-order chi connectivity index (χ0) is 11.2. The van der Waals surface area contributed by atoms with Crippen LogP contribution in [0.4, 0.5) is 0 Å². The second-order valence-electron chi connectivity index (χ2n) is 3.87. The lowest BCUT2D eigenvalue weighted by atomic mass is 9.80. The first kappa shape index (κ1) is 10.6. The van der Waals surface area contributed by atoms with Crippen molar-refractivity contribution in [3.63, 3.8) is 0 Å². The molecule has 0 spiro atoms. The number of fused-ring (bicyclic) bond motifs is 1. The second-order valence-corrected chi connectivity index (χ2v) is 4.62. The molecule has 0 aromatic carbocycles. The van der Waals surface area contributed by atoms with E-state index in [4.69, 9.17) is 5.73 Å². The lowest BCUT2D eigenvalue weighted by Crippen LogP contribution is -2.47. The Balaban J connectivity index is 2.65. The summed E-state index contributed by atoms with van der Waals surface area (Å²) in [5.41, 5.74) is 6.20. The van der Waals surface area contributed by atoms with Gasteiger partial charge in [0.05, 0.1) is 0 Å². The number of hydrogen-bond donors (Lipinski definition) is 2. The molecule has 1 atom stereocenters. The van der Waals surface area contributed by atoms with Gasteiger partial charge in [0.25, 0.3) is 0 Å². The van der Waals surface area contributed by atoms with Gasteiger partial charge >= 0.3 is 5.97 Å². The molecule has 1 aromatic rings. The standard InChI is InChI=1S/C9H12BrN3O2/c1-13-5-3-2-4-9(11,8(14)15)6(5)7(10)12-13/h2-4,11H2,1H3,(H,14,15). The Kier molecular flexibility index (Phi) is 2.35. The number of carbonyl (C=O) groups is 1. The molecule has 1 aromatic heterocycles. The van der Waals surface area contributed by atoms with Gasteiger partial charge in [0.2, 0.25) is 0 Å². The molecule has 0 saturated carbocycles. The van der Waals surface area contributed by atoms with E-state index in [0.29, 0.717) is 16.6 Å². The monoisotopic (exact) mass is 273 g/mol. The van der Waals surface area contributed by atoms with Crippen LogP contribution in [-0.2, 0) is 23.8 Å². The SMILES string of the molecule is Cn1nc(Br)c2c1CCCC2(N)C(=O)O. The van der Waals surface area contributed by atoms with Crippen molar-refractivity contribution in [2.24, 2.45) is 12.8 Å². The molecule has 0 radical (unpaired) electrons. The van der Waals surface area contributed by atoms with Gasteiger partial charge in [0.1, 0.15) is 10.1 Å². The third kappa shape index (κ3) is 1.39. The predicted molar refractivity (Wildman–Crippen MR) is 57.3 cm³/mol. The summed E-state index contributed by atoms with van der Waals surface area (Å²) in [6, 6.07) is 0. The molecule has 0 saturated heterocycles. The number of halogens is 1.